The Morgan fingerprint density at radius 1 is 1.20 bits per heavy atom. The van der Waals surface area contributed by atoms with E-state index in [1.807, 2.05) is 50.2 Å². The number of aryl methyl sites for hydroxylation is 1. The molecular formula is C20H21ClN2O2. The molecule has 1 fully saturated rings. The van der Waals surface area contributed by atoms with Crippen LogP contribution in [0.1, 0.15) is 30.5 Å². The molecule has 4 nitrogen and oxygen atoms in total. The zero-order valence-corrected chi connectivity index (χ0v) is 15.1. The van der Waals surface area contributed by atoms with E-state index in [-0.39, 0.29) is 30.2 Å². The highest BCUT2D eigenvalue weighted by molar-refractivity contribution is 6.33. The molecule has 1 heterocycles. The van der Waals surface area contributed by atoms with Crippen LogP contribution in [-0.2, 0) is 9.59 Å². The summed E-state index contributed by atoms with van der Waals surface area (Å²) in [7, 11) is 0. The highest BCUT2D eigenvalue weighted by Crippen LogP contribution is 2.31. The second-order valence-electron chi connectivity index (χ2n) is 6.44. The lowest BCUT2D eigenvalue weighted by Crippen LogP contribution is -2.34. The molecule has 2 atom stereocenters. The fraction of sp³-hybridized carbons (Fsp3) is 0.300. The molecule has 0 aromatic heterocycles. The molecule has 0 spiro atoms. The van der Waals surface area contributed by atoms with Gasteiger partial charge in [-0.05, 0) is 37.1 Å². The number of halogens is 1. The Labute approximate surface area is 152 Å². The summed E-state index contributed by atoms with van der Waals surface area (Å²) in [6.07, 6.45) is 0.206. The summed E-state index contributed by atoms with van der Waals surface area (Å²) in [6.45, 7) is 4.34. The van der Waals surface area contributed by atoms with Crippen molar-refractivity contribution in [2.45, 2.75) is 26.3 Å². The Morgan fingerprint density at radius 3 is 2.60 bits per heavy atom. The van der Waals surface area contributed by atoms with Crippen LogP contribution in [-0.4, -0.2) is 18.4 Å². The minimum atomic E-state index is -0.366. The molecule has 0 aliphatic carbocycles. The van der Waals surface area contributed by atoms with Gasteiger partial charge in [-0.2, -0.15) is 0 Å². The largest absolute Gasteiger partial charge is 0.349 e. The van der Waals surface area contributed by atoms with E-state index in [0.29, 0.717) is 17.3 Å². The maximum absolute atomic E-state index is 12.6. The molecule has 1 N–H and O–H groups in total. The highest BCUT2D eigenvalue weighted by atomic mass is 35.5. The molecule has 0 radical (unpaired) electrons. The molecule has 1 saturated heterocycles. The van der Waals surface area contributed by atoms with Gasteiger partial charge in [0.1, 0.15) is 0 Å². The molecule has 2 aromatic carbocycles. The van der Waals surface area contributed by atoms with Crippen LogP contribution in [0.4, 0.5) is 5.69 Å². The van der Waals surface area contributed by atoms with Crippen molar-refractivity contribution in [1.29, 1.82) is 0 Å². The minimum absolute atomic E-state index is 0.0724. The van der Waals surface area contributed by atoms with Crippen LogP contribution in [0.3, 0.4) is 0 Å². The topological polar surface area (TPSA) is 49.4 Å². The third kappa shape index (κ3) is 3.69. The predicted octanol–water partition coefficient (Wildman–Crippen LogP) is 3.88. The third-order valence-electron chi connectivity index (χ3n) is 4.65. The molecule has 5 heteroatoms. The van der Waals surface area contributed by atoms with E-state index < -0.39 is 0 Å². The van der Waals surface area contributed by atoms with E-state index in [0.717, 1.165) is 11.1 Å². The van der Waals surface area contributed by atoms with Gasteiger partial charge in [0.25, 0.3) is 0 Å². The van der Waals surface area contributed by atoms with Gasteiger partial charge in [-0.1, -0.05) is 48.0 Å². The van der Waals surface area contributed by atoms with Gasteiger partial charge in [-0.3, -0.25) is 9.59 Å². The van der Waals surface area contributed by atoms with Gasteiger partial charge in [-0.15, -0.1) is 0 Å². The summed E-state index contributed by atoms with van der Waals surface area (Å²) in [5, 5.41) is 3.55. The monoisotopic (exact) mass is 356 g/mol. The van der Waals surface area contributed by atoms with Gasteiger partial charge in [-0.25, -0.2) is 0 Å². The number of nitrogens with zero attached hydrogens (tertiary/aromatic N) is 1. The Hall–Kier alpha value is -2.33. The molecular weight excluding hydrogens is 336 g/mol. The van der Waals surface area contributed by atoms with Gasteiger partial charge in [0.15, 0.2) is 0 Å². The SMILES string of the molecule is Cc1ccccc1C(C)NC(=O)C1CC(=O)N(c2ccccc2Cl)C1. The molecule has 0 saturated carbocycles. The van der Waals surface area contributed by atoms with E-state index in [1.54, 1.807) is 17.0 Å². The Balaban J connectivity index is 1.69. The van der Waals surface area contributed by atoms with Crippen molar-refractivity contribution in [2.75, 3.05) is 11.4 Å². The van der Waals surface area contributed by atoms with Crippen molar-refractivity contribution in [3.8, 4) is 0 Å². The number of anilines is 1. The highest BCUT2D eigenvalue weighted by Gasteiger charge is 2.36. The first-order chi connectivity index (χ1) is 12.0. The first-order valence-corrected chi connectivity index (χ1v) is 8.76. The molecule has 2 amide bonds. The Bertz CT molecular complexity index is 806. The van der Waals surface area contributed by atoms with Crippen LogP contribution in [0.2, 0.25) is 5.02 Å². The van der Waals surface area contributed by atoms with Crippen molar-refractivity contribution in [3.63, 3.8) is 0 Å². The molecule has 2 unspecified atom stereocenters. The van der Waals surface area contributed by atoms with E-state index in [9.17, 15) is 9.59 Å². The molecule has 2 aromatic rings. The summed E-state index contributed by atoms with van der Waals surface area (Å²) in [4.78, 5) is 26.6. The second-order valence-corrected chi connectivity index (χ2v) is 6.85. The van der Waals surface area contributed by atoms with Crippen molar-refractivity contribution in [3.05, 3.63) is 64.7 Å². The van der Waals surface area contributed by atoms with Crippen LogP contribution < -0.4 is 10.2 Å². The summed E-state index contributed by atoms with van der Waals surface area (Å²) >= 11 is 6.18. The van der Waals surface area contributed by atoms with Crippen LogP contribution >= 0.6 is 11.6 Å². The average Bonchev–Trinajstić information content (AvgIpc) is 2.97. The Morgan fingerprint density at radius 2 is 1.88 bits per heavy atom. The number of benzene rings is 2. The Kier molecular flexibility index (Phi) is 5.09. The number of amides is 2. The molecule has 3 rings (SSSR count). The molecule has 1 aliphatic heterocycles. The first-order valence-electron chi connectivity index (χ1n) is 8.38. The van der Waals surface area contributed by atoms with Crippen LogP contribution in [0.25, 0.3) is 0 Å². The maximum atomic E-state index is 12.6. The van der Waals surface area contributed by atoms with Crippen LogP contribution in [0.5, 0.6) is 0 Å². The zero-order chi connectivity index (χ0) is 18.0. The number of hydrogen-bond acceptors (Lipinski definition) is 2. The normalized spacial score (nSPS) is 18.3. The lowest BCUT2D eigenvalue weighted by molar-refractivity contribution is -0.126. The fourth-order valence-corrected chi connectivity index (χ4v) is 3.51. The lowest BCUT2D eigenvalue weighted by atomic mass is 10.0. The van der Waals surface area contributed by atoms with Crippen molar-refractivity contribution < 1.29 is 9.59 Å². The molecule has 130 valence electrons. The quantitative estimate of drug-likeness (QED) is 0.903. The molecule has 1 aliphatic rings. The van der Waals surface area contributed by atoms with Crippen LogP contribution in [0.15, 0.2) is 48.5 Å². The number of para-hydroxylation sites is 1. The van der Waals surface area contributed by atoms with Crippen molar-refractivity contribution in [1.82, 2.24) is 5.32 Å². The van der Waals surface area contributed by atoms with E-state index in [4.69, 9.17) is 11.6 Å². The third-order valence-corrected chi connectivity index (χ3v) is 4.97. The molecule has 25 heavy (non-hydrogen) atoms. The first kappa shape index (κ1) is 17.5. The number of carbonyl (C=O) groups excluding carboxylic acids is 2. The predicted molar refractivity (Wildman–Crippen MR) is 99.6 cm³/mol. The van der Waals surface area contributed by atoms with Crippen molar-refractivity contribution in [2.24, 2.45) is 5.92 Å². The van der Waals surface area contributed by atoms with E-state index in [2.05, 4.69) is 5.32 Å². The van der Waals surface area contributed by atoms with Gasteiger partial charge in [0.05, 0.1) is 22.7 Å². The van der Waals surface area contributed by atoms with Gasteiger partial charge in [0.2, 0.25) is 11.8 Å². The maximum Gasteiger partial charge on any atom is 0.227 e. The van der Waals surface area contributed by atoms with E-state index in [1.165, 1.54) is 0 Å². The summed E-state index contributed by atoms with van der Waals surface area (Å²) in [5.41, 5.74) is 2.88. The lowest BCUT2D eigenvalue weighted by Gasteiger charge is -2.20. The summed E-state index contributed by atoms with van der Waals surface area (Å²) in [5.74, 6) is -0.536. The number of hydrogen-bond donors (Lipinski definition) is 1. The number of carbonyl (C=O) groups is 2. The standard InChI is InChI=1S/C20H21ClN2O2/c1-13-7-3-4-8-16(13)14(2)22-20(25)15-11-19(24)23(12-15)18-10-6-5-9-17(18)21/h3-10,14-15H,11-12H2,1-2H3,(H,22,25). The minimum Gasteiger partial charge on any atom is -0.349 e. The smallest absolute Gasteiger partial charge is 0.227 e. The van der Waals surface area contributed by atoms with E-state index >= 15 is 0 Å². The molecule has 0 bridgehead atoms. The number of rotatable bonds is 4. The number of nitrogens with one attached hydrogen (secondary N) is 1. The van der Waals surface area contributed by atoms with Crippen LogP contribution in [0, 0.1) is 12.8 Å². The zero-order valence-electron chi connectivity index (χ0n) is 14.3. The average molecular weight is 357 g/mol. The summed E-state index contributed by atoms with van der Waals surface area (Å²) in [6, 6.07) is 15.1. The van der Waals surface area contributed by atoms with Crippen molar-refractivity contribution >= 4 is 29.1 Å². The van der Waals surface area contributed by atoms with Gasteiger partial charge in [0, 0.05) is 13.0 Å². The van der Waals surface area contributed by atoms with Gasteiger partial charge < -0.3 is 10.2 Å². The second kappa shape index (κ2) is 7.28. The summed E-state index contributed by atoms with van der Waals surface area (Å²) < 4.78 is 0. The fourth-order valence-electron chi connectivity index (χ4n) is 3.27. The van der Waals surface area contributed by atoms with Gasteiger partial charge >= 0.3 is 0 Å².